The normalized spacial score (nSPS) is 10.4. The molecule has 0 aromatic carbocycles. The minimum absolute atomic E-state index is 0.0890. The average molecular weight is 261 g/mol. The Hall–Kier alpha value is -2.44. The van der Waals surface area contributed by atoms with Crippen LogP contribution in [0.25, 0.3) is 0 Å². The molecule has 0 fully saturated rings. The summed E-state index contributed by atoms with van der Waals surface area (Å²) < 4.78 is 1.51. The second-order valence-electron chi connectivity index (χ2n) is 3.96. The van der Waals surface area contributed by atoms with Gasteiger partial charge in [0.05, 0.1) is 5.69 Å². The van der Waals surface area contributed by atoms with Crippen molar-refractivity contribution < 1.29 is 4.79 Å². The fraction of sp³-hybridized carbons (Fsp3) is 0.333. The molecule has 0 unspecified atom stereocenters. The molecule has 2 aromatic heterocycles. The summed E-state index contributed by atoms with van der Waals surface area (Å²) in [6, 6.07) is 2.97. The van der Waals surface area contributed by atoms with Gasteiger partial charge < -0.3 is 9.88 Å². The van der Waals surface area contributed by atoms with Crippen LogP contribution in [-0.4, -0.2) is 25.7 Å². The average Bonchev–Trinajstić information content (AvgIpc) is 2.90. The van der Waals surface area contributed by atoms with Crippen molar-refractivity contribution in [3.63, 3.8) is 0 Å². The van der Waals surface area contributed by atoms with Crippen molar-refractivity contribution in [2.75, 3.05) is 5.32 Å². The van der Waals surface area contributed by atoms with E-state index in [-0.39, 0.29) is 11.4 Å². The molecule has 0 spiro atoms. The van der Waals surface area contributed by atoms with E-state index in [1.165, 1.54) is 10.6 Å². The van der Waals surface area contributed by atoms with Gasteiger partial charge in [0.15, 0.2) is 0 Å². The van der Waals surface area contributed by atoms with E-state index in [0.717, 1.165) is 0 Å². The molecule has 7 nitrogen and oxygen atoms in total. The van der Waals surface area contributed by atoms with Crippen molar-refractivity contribution in [3.05, 3.63) is 40.3 Å². The van der Waals surface area contributed by atoms with E-state index in [2.05, 4.69) is 20.5 Å². The molecule has 0 saturated heterocycles. The van der Waals surface area contributed by atoms with Gasteiger partial charge in [0, 0.05) is 25.2 Å². The smallest absolute Gasteiger partial charge is 0.295 e. The van der Waals surface area contributed by atoms with Gasteiger partial charge in [0.1, 0.15) is 5.82 Å². The topological polar surface area (TPSA) is 92.7 Å². The summed E-state index contributed by atoms with van der Waals surface area (Å²) in [5.41, 5.74) is 0.431. The molecule has 0 aliphatic heterocycles. The maximum atomic E-state index is 11.9. The number of aromatic amines is 1. The van der Waals surface area contributed by atoms with Gasteiger partial charge >= 0.3 is 0 Å². The molecular weight excluding hydrogens is 246 g/mol. The van der Waals surface area contributed by atoms with Crippen LogP contribution in [0.1, 0.15) is 30.3 Å². The van der Waals surface area contributed by atoms with Crippen molar-refractivity contribution in [1.82, 2.24) is 19.7 Å². The molecule has 0 bridgehead atoms. The Morgan fingerprint density at radius 2 is 2.21 bits per heavy atom. The van der Waals surface area contributed by atoms with Crippen molar-refractivity contribution in [2.24, 2.45) is 0 Å². The third kappa shape index (κ3) is 2.87. The Labute approximate surface area is 109 Å². The summed E-state index contributed by atoms with van der Waals surface area (Å²) in [5.74, 6) is 0.340. The molecule has 0 aliphatic carbocycles. The number of carbonyl (C=O) groups excluding carboxylic acids is 1. The first-order valence-corrected chi connectivity index (χ1v) is 6.07. The van der Waals surface area contributed by atoms with E-state index in [1.54, 1.807) is 12.3 Å². The maximum Gasteiger partial charge on any atom is 0.295 e. The van der Waals surface area contributed by atoms with Gasteiger partial charge in [0.2, 0.25) is 5.82 Å². The van der Waals surface area contributed by atoms with Gasteiger partial charge in [-0.1, -0.05) is 6.92 Å². The summed E-state index contributed by atoms with van der Waals surface area (Å²) in [6.07, 6.45) is 2.27. The fourth-order valence-corrected chi connectivity index (χ4v) is 1.59. The van der Waals surface area contributed by atoms with E-state index in [9.17, 15) is 9.59 Å². The number of amides is 1. The molecule has 7 heteroatoms. The number of pyridine rings is 1. The minimum Gasteiger partial charge on any atom is -0.318 e. The van der Waals surface area contributed by atoms with Crippen LogP contribution in [0.15, 0.2) is 23.1 Å². The van der Waals surface area contributed by atoms with E-state index >= 15 is 0 Å². The Morgan fingerprint density at radius 1 is 1.42 bits per heavy atom. The zero-order valence-electron chi connectivity index (χ0n) is 10.8. The highest BCUT2D eigenvalue weighted by Gasteiger charge is 2.12. The Morgan fingerprint density at radius 3 is 2.84 bits per heavy atom. The quantitative estimate of drug-likeness (QED) is 0.851. The van der Waals surface area contributed by atoms with Gasteiger partial charge in [0.25, 0.3) is 11.5 Å². The van der Waals surface area contributed by atoms with E-state index < -0.39 is 5.91 Å². The van der Waals surface area contributed by atoms with Gasteiger partial charge in [-0.2, -0.15) is 0 Å². The monoisotopic (exact) mass is 261 g/mol. The molecule has 0 aliphatic rings. The molecule has 0 radical (unpaired) electrons. The molecule has 0 atom stereocenters. The number of hydrogen-bond acceptors (Lipinski definition) is 4. The zero-order valence-corrected chi connectivity index (χ0v) is 10.8. The second-order valence-corrected chi connectivity index (χ2v) is 3.96. The molecule has 0 saturated carbocycles. The Kier molecular flexibility index (Phi) is 3.74. The number of rotatable bonds is 4. The Bertz CT molecular complexity index is 644. The van der Waals surface area contributed by atoms with Crippen LogP contribution in [0, 0.1) is 0 Å². The van der Waals surface area contributed by atoms with Crippen LogP contribution in [-0.2, 0) is 13.0 Å². The molecule has 2 N–H and O–H groups in total. The first kappa shape index (κ1) is 13.0. The van der Waals surface area contributed by atoms with Crippen molar-refractivity contribution in [3.8, 4) is 0 Å². The van der Waals surface area contributed by atoms with Gasteiger partial charge in [-0.05, 0) is 13.0 Å². The molecule has 2 rings (SSSR count). The van der Waals surface area contributed by atoms with E-state index in [1.807, 2.05) is 13.8 Å². The standard InChI is InChI=1S/C12H15N5O2/c1-3-9-14-11(16-15-9)12(19)13-8-5-6-10(18)17(4-2)7-8/h5-7H,3-4H2,1-2H3,(H,13,19)(H,14,15,16). The van der Waals surface area contributed by atoms with Crippen molar-refractivity contribution >= 4 is 11.6 Å². The van der Waals surface area contributed by atoms with Gasteiger partial charge in [-0.3, -0.25) is 14.7 Å². The number of carbonyl (C=O) groups is 1. The van der Waals surface area contributed by atoms with Crippen LogP contribution in [0.5, 0.6) is 0 Å². The molecule has 2 heterocycles. The van der Waals surface area contributed by atoms with Crippen molar-refractivity contribution in [1.29, 1.82) is 0 Å². The lowest BCUT2D eigenvalue weighted by Gasteiger charge is -2.06. The largest absolute Gasteiger partial charge is 0.318 e. The van der Waals surface area contributed by atoms with Crippen LogP contribution in [0.3, 0.4) is 0 Å². The minimum atomic E-state index is -0.405. The van der Waals surface area contributed by atoms with E-state index in [0.29, 0.717) is 24.5 Å². The van der Waals surface area contributed by atoms with Gasteiger partial charge in [-0.25, -0.2) is 4.98 Å². The van der Waals surface area contributed by atoms with Crippen LogP contribution >= 0.6 is 0 Å². The number of aryl methyl sites for hydroxylation is 2. The van der Waals surface area contributed by atoms with Crippen molar-refractivity contribution in [2.45, 2.75) is 26.8 Å². The van der Waals surface area contributed by atoms with Crippen LogP contribution in [0.2, 0.25) is 0 Å². The number of nitrogens with zero attached hydrogens (tertiary/aromatic N) is 3. The highest BCUT2D eigenvalue weighted by atomic mass is 16.2. The molecular formula is C12H15N5O2. The third-order valence-electron chi connectivity index (χ3n) is 2.65. The fourth-order valence-electron chi connectivity index (χ4n) is 1.59. The highest BCUT2D eigenvalue weighted by molar-refractivity contribution is 6.01. The summed E-state index contributed by atoms with van der Waals surface area (Å²) in [5, 5.41) is 9.16. The lowest BCUT2D eigenvalue weighted by atomic mass is 10.4. The molecule has 19 heavy (non-hydrogen) atoms. The Balaban J connectivity index is 2.16. The number of anilines is 1. The third-order valence-corrected chi connectivity index (χ3v) is 2.65. The zero-order chi connectivity index (χ0) is 13.8. The number of nitrogens with one attached hydrogen (secondary N) is 2. The number of aromatic nitrogens is 4. The summed E-state index contributed by atoms with van der Waals surface area (Å²) in [7, 11) is 0. The van der Waals surface area contributed by atoms with E-state index in [4.69, 9.17) is 0 Å². The molecule has 100 valence electrons. The maximum absolute atomic E-state index is 11.9. The second kappa shape index (κ2) is 5.47. The number of H-pyrrole nitrogens is 1. The summed E-state index contributed by atoms with van der Waals surface area (Å²) in [6.45, 7) is 4.32. The van der Waals surface area contributed by atoms with Crippen LogP contribution in [0.4, 0.5) is 5.69 Å². The predicted octanol–water partition coefficient (Wildman–Crippen LogP) is 0.801. The highest BCUT2D eigenvalue weighted by Crippen LogP contribution is 2.05. The lowest BCUT2D eigenvalue weighted by Crippen LogP contribution is -2.20. The molecule has 2 aromatic rings. The summed E-state index contributed by atoms with van der Waals surface area (Å²) in [4.78, 5) is 27.3. The number of hydrogen-bond donors (Lipinski definition) is 2. The first-order chi connectivity index (χ1) is 9.13. The summed E-state index contributed by atoms with van der Waals surface area (Å²) >= 11 is 0. The first-order valence-electron chi connectivity index (χ1n) is 6.07. The van der Waals surface area contributed by atoms with Crippen LogP contribution < -0.4 is 10.9 Å². The lowest BCUT2D eigenvalue weighted by molar-refractivity contribution is 0.101. The van der Waals surface area contributed by atoms with Gasteiger partial charge in [-0.15, -0.1) is 5.10 Å². The SMILES string of the molecule is CCc1nc(C(=O)Nc2ccc(=O)n(CC)c2)n[nH]1. The predicted molar refractivity (Wildman–Crippen MR) is 70.1 cm³/mol. The molecule has 1 amide bonds.